The van der Waals surface area contributed by atoms with Gasteiger partial charge in [-0.05, 0) is 25.0 Å². The molecule has 4 N–H and O–H groups in total. The quantitative estimate of drug-likeness (QED) is 0.725. The summed E-state index contributed by atoms with van der Waals surface area (Å²) in [4.78, 5) is 0. The third-order valence-electron chi connectivity index (χ3n) is 2.47. The van der Waals surface area contributed by atoms with Crippen molar-refractivity contribution in [3.63, 3.8) is 0 Å². The maximum Gasteiger partial charge on any atom is 0.196 e. The van der Waals surface area contributed by atoms with E-state index in [1.54, 1.807) is 6.92 Å². The van der Waals surface area contributed by atoms with Gasteiger partial charge in [-0.3, -0.25) is 0 Å². The normalized spacial score (nSPS) is 12.6. The van der Waals surface area contributed by atoms with Gasteiger partial charge in [0.2, 0.25) is 0 Å². The van der Waals surface area contributed by atoms with Crippen molar-refractivity contribution in [2.45, 2.75) is 19.4 Å². The number of aromatic hydroxyl groups is 1. The van der Waals surface area contributed by atoms with Gasteiger partial charge in [0.25, 0.3) is 0 Å². The summed E-state index contributed by atoms with van der Waals surface area (Å²) in [5.41, 5.74) is 6.73. The van der Waals surface area contributed by atoms with Gasteiger partial charge in [-0.1, -0.05) is 0 Å². The van der Waals surface area contributed by atoms with E-state index >= 15 is 0 Å². The van der Waals surface area contributed by atoms with Crippen LogP contribution < -0.4 is 10.5 Å². The highest BCUT2D eigenvalue weighted by atomic mass is 19.1. The second-order valence-corrected chi connectivity index (χ2v) is 3.59. The number of hydrogen-bond acceptors (Lipinski definition) is 4. The number of halogens is 1. The average Bonchev–Trinajstić information content (AvgIpc) is 2.17. The van der Waals surface area contributed by atoms with E-state index in [1.165, 1.54) is 13.2 Å². The van der Waals surface area contributed by atoms with Gasteiger partial charge in [0.15, 0.2) is 17.3 Å². The molecule has 0 aliphatic rings. The van der Waals surface area contributed by atoms with E-state index in [9.17, 15) is 9.50 Å². The molecule has 90 valence electrons. The summed E-state index contributed by atoms with van der Waals surface area (Å²) in [6.45, 7) is 1.55. The summed E-state index contributed by atoms with van der Waals surface area (Å²) < 4.78 is 18.1. The Kier molecular flexibility index (Phi) is 4.09. The molecule has 0 radical (unpaired) electrons. The molecule has 0 amide bonds. The van der Waals surface area contributed by atoms with Crippen molar-refractivity contribution in [3.05, 3.63) is 23.0 Å². The van der Waals surface area contributed by atoms with E-state index in [0.29, 0.717) is 17.5 Å². The van der Waals surface area contributed by atoms with Crippen LogP contribution in [0.25, 0.3) is 0 Å². The second-order valence-electron chi connectivity index (χ2n) is 3.59. The summed E-state index contributed by atoms with van der Waals surface area (Å²) in [5.74, 6) is -1.13. The topological polar surface area (TPSA) is 75.7 Å². The molecular formula is C11H16FNO3. The molecule has 1 unspecified atom stereocenters. The van der Waals surface area contributed by atoms with Crippen LogP contribution in [0.5, 0.6) is 11.5 Å². The molecule has 1 atom stereocenters. The van der Waals surface area contributed by atoms with Gasteiger partial charge < -0.3 is 20.7 Å². The monoisotopic (exact) mass is 229 g/mol. The Morgan fingerprint density at radius 1 is 1.56 bits per heavy atom. The Hall–Kier alpha value is -1.33. The lowest BCUT2D eigenvalue weighted by Crippen LogP contribution is -2.14. The number of hydrogen-bond donors (Lipinski definition) is 3. The number of methoxy groups -OCH3 is 1. The average molecular weight is 229 g/mol. The van der Waals surface area contributed by atoms with Crippen molar-refractivity contribution >= 4 is 0 Å². The summed E-state index contributed by atoms with van der Waals surface area (Å²) in [7, 11) is 1.27. The van der Waals surface area contributed by atoms with Crippen LogP contribution in [0.15, 0.2) is 6.07 Å². The molecule has 0 heterocycles. The molecule has 0 bridgehead atoms. The zero-order valence-corrected chi connectivity index (χ0v) is 9.33. The maximum absolute atomic E-state index is 13.4. The number of aliphatic hydroxyl groups is 1. The predicted octanol–water partition coefficient (Wildman–Crippen LogP) is 1.23. The highest BCUT2D eigenvalue weighted by Gasteiger charge is 2.20. The van der Waals surface area contributed by atoms with Crippen LogP contribution in [0.2, 0.25) is 0 Å². The number of ether oxygens (including phenoxy) is 1. The Morgan fingerprint density at radius 3 is 2.69 bits per heavy atom. The fourth-order valence-corrected chi connectivity index (χ4v) is 1.70. The molecule has 0 saturated carbocycles. The minimum Gasteiger partial charge on any atom is -0.504 e. The minimum absolute atomic E-state index is 0.0975. The second kappa shape index (κ2) is 5.14. The molecule has 0 spiro atoms. The molecule has 16 heavy (non-hydrogen) atoms. The highest BCUT2D eigenvalue weighted by Crippen LogP contribution is 2.38. The number of nitrogens with two attached hydrogens (primary N) is 1. The lowest BCUT2D eigenvalue weighted by Gasteiger charge is -2.17. The van der Waals surface area contributed by atoms with Crippen LogP contribution in [0, 0.1) is 12.7 Å². The number of benzene rings is 1. The van der Waals surface area contributed by atoms with Gasteiger partial charge in [-0.15, -0.1) is 0 Å². The lowest BCUT2D eigenvalue weighted by molar-refractivity contribution is 0.274. The van der Waals surface area contributed by atoms with E-state index in [2.05, 4.69) is 0 Å². The zero-order chi connectivity index (χ0) is 12.3. The van der Waals surface area contributed by atoms with E-state index < -0.39 is 11.9 Å². The largest absolute Gasteiger partial charge is 0.504 e. The highest BCUT2D eigenvalue weighted by molar-refractivity contribution is 5.51. The van der Waals surface area contributed by atoms with Crippen LogP contribution in [0.4, 0.5) is 4.39 Å². The Labute approximate surface area is 93.5 Å². The molecule has 1 aromatic rings. The molecule has 0 saturated heterocycles. The number of rotatable bonds is 4. The summed E-state index contributed by atoms with van der Waals surface area (Å²) in [6.07, 6.45) is 0.295. The van der Waals surface area contributed by atoms with Crippen LogP contribution in [0.3, 0.4) is 0 Å². The molecule has 1 aromatic carbocycles. The smallest absolute Gasteiger partial charge is 0.196 e. The van der Waals surface area contributed by atoms with Crippen molar-refractivity contribution < 1.29 is 19.3 Å². The van der Waals surface area contributed by atoms with Gasteiger partial charge in [0.1, 0.15) is 0 Å². The van der Waals surface area contributed by atoms with Crippen LogP contribution in [-0.2, 0) is 0 Å². The molecule has 4 nitrogen and oxygen atoms in total. The molecule has 5 heteroatoms. The number of phenolic OH excluding ortho intramolecular Hbond substituents is 1. The van der Waals surface area contributed by atoms with E-state index in [1.807, 2.05) is 0 Å². The summed E-state index contributed by atoms with van der Waals surface area (Å²) in [5, 5.41) is 18.6. The van der Waals surface area contributed by atoms with Gasteiger partial charge in [0, 0.05) is 18.2 Å². The van der Waals surface area contributed by atoms with E-state index in [0.717, 1.165) is 0 Å². The first kappa shape index (κ1) is 12.7. The van der Waals surface area contributed by atoms with Crippen LogP contribution in [-0.4, -0.2) is 23.9 Å². The molecule has 1 rings (SSSR count). The van der Waals surface area contributed by atoms with Crippen molar-refractivity contribution in [1.82, 2.24) is 0 Å². The first-order valence-electron chi connectivity index (χ1n) is 4.95. The summed E-state index contributed by atoms with van der Waals surface area (Å²) >= 11 is 0. The minimum atomic E-state index is -0.627. The van der Waals surface area contributed by atoms with E-state index in [4.69, 9.17) is 15.6 Å². The third-order valence-corrected chi connectivity index (χ3v) is 2.47. The van der Waals surface area contributed by atoms with Crippen molar-refractivity contribution in [3.8, 4) is 11.5 Å². The van der Waals surface area contributed by atoms with Gasteiger partial charge in [0.05, 0.1) is 7.11 Å². The Balaban J connectivity index is 3.27. The van der Waals surface area contributed by atoms with Gasteiger partial charge in [-0.25, -0.2) is 4.39 Å². The number of aryl methyl sites for hydroxylation is 1. The van der Waals surface area contributed by atoms with Gasteiger partial charge >= 0.3 is 0 Å². The standard InChI is InChI=1S/C11H16FNO3/c1-6-5-7(12)11(16-2)10(15)9(6)8(13)3-4-14/h5,8,14-15H,3-4,13H2,1-2H3. The van der Waals surface area contributed by atoms with Crippen molar-refractivity contribution in [2.24, 2.45) is 5.73 Å². The molecule has 0 fully saturated rings. The van der Waals surface area contributed by atoms with Crippen molar-refractivity contribution in [1.29, 1.82) is 0 Å². The fraction of sp³-hybridized carbons (Fsp3) is 0.455. The molecule has 0 aliphatic carbocycles. The molecule has 0 aromatic heterocycles. The molecular weight excluding hydrogens is 213 g/mol. The lowest BCUT2D eigenvalue weighted by atomic mass is 9.98. The van der Waals surface area contributed by atoms with Crippen LogP contribution in [0.1, 0.15) is 23.6 Å². The Morgan fingerprint density at radius 2 is 2.19 bits per heavy atom. The fourth-order valence-electron chi connectivity index (χ4n) is 1.70. The number of phenols is 1. The molecule has 0 aliphatic heterocycles. The maximum atomic E-state index is 13.4. The number of aliphatic hydroxyl groups excluding tert-OH is 1. The Bertz CT molecular complexity index is 382. The van der Waals surface area contributed by atoms with Crippen LogP contribution >= 0.6 is 0 Å². The predicted molar refractivity (Wildman–Crippen MR) is 58.0 cm³/mol. The first-order chi connectivity index (χ1) is 7.52. The van der Waals surface area contributed by atoms with E-state index in [-0.39, 0.29) is 18.1 Å². The van der Waals surface area contributed by atoms with Crippen molar-refractivity contribution in [2.75, 3.05) is 13.7 Å². The SMILES string of the molecule is COc1c(F)cc(C)c(C(N)CCO)c1O. The van der Waals surface area contributed by atoms with Gasteiger partial charge in [-0.2, -0.15) is 0 Å². The zero-order valence-electron chi connectivity index (χ0n) is 9.33. The third kappa shape index (κ3) is 2.25. The first-order valence-corrected chi connectivity index (χ1v) is 4.95. The summed E-state index contributed by atoms with van der Waals surface area (Å²) in [6, 6.07) is 0.713.